The van der Waals surface area contributed by atoms with Gasteiger partial charge in [-0.1, -0.05) is 0 Å². The highest BCUT2D eigenvalue weighted by molar-refractivity contribution is 5.98. The molecule has 118 valence electrons. The Kier molecular flexibility index (Phi) is 3.22. The van der Waals surface area contributed by atoms with Gasteiger partial charge in [0.1, 0.15) is 13.3 Å². The standard InChI is InChI=1S/C14H10N2O7/c1-23-10(18)4-15-11(19)6-2-8-9(3-7(6)12(15)20)14(22)16(5-17)13(8)21/h2-3,17H,4-5H2,1H3. The third kappa shape index (κ3) is 1.94. The Bertz CT molecular complexity index is 1080. The van der Waals surface area contributed by atoms with Crippen LogP contribution in [0.3, 0.4) is 0 Å². The van der Waals surface area contributed by atoms with Gasteiger partial charge < -0.3 is 9.84 Å². The zero-order valence-corrected chi connectivity index (χ0v) is 11.9. The number of fused-ring (bicyclic) bond motifs is 2. The Hall–Kier alpha value is -3.07. The van der Waals surface area contributed by atoms with E-state index in [9.17, 15) is 24.0 Å². The highest BCUT2D eigenvalue weighted by atomic mass is 16.5. The van der Waals surface area contributed by atoms with Gasteiger partial charge in [0.15, 0.2) is 0 Å². The van der Waals surface area contributed by atoms with Crippen LogP contribution in [-0.4, -0.2) is 27.3 Å². The summed E-state index contributed by atoms with van der Waals surface area (Å²) in [6.07, 6.45) is 0. The van der Waals surface area contributed by atoms with Gasteiger partial charge in [-0.15, -0.1) is 0 Å². The second-order valence-corrected chi connectivity index (χ2v) is 4.90. The molecule has 23 heavy (non-hydrogen) atoms. The number of hydrogen-bond acceptors (Lipinski definition) is 7. The van der Waals surface area contributed by atoms with E-state index in [0.29, 0.717) is 9.13 Å². The van der Waals surface area contributed by atoms with Gasteiger partial charge >= 0.3 is 5.97 Å². The largest absolute Gasteiger partial charge is 0.468 e. The Morgan fingerprint density at radius 1 is 0.913 bits per heavy atom. The van der Waals surface area contributed by atoms with E-state index < -0.39 is 41.5 Å². The molecule has 9 heteroatoms. The van der Waals surface area contributed by atoms with E-state index in [1.165, 1.54) is 0 Å². The molecule has 0 spiro atoms. The molecule has 0 fully saturated rings. The Labute approximate surface area is 126 Å². The predicted octanol–water partition coefficient (Wildman–Crippen LogP) is -1.96. The van der Waals surface area contributed by atoms with Crippen molar-refractivity contribution in [2.75, 3.05) is 7.11 Å². The second-order valence-electron chi connectivity index (χ2n) is 4.90. The van der Waals surface area contributed by atoms with Crippen molar-refractivity contribution in [3.63, 3.8) is 0 Å². The quantitative estimate of drug-likeness (QED) is 0.556. The fourth-order valence-corrected chi connectivity index (χ4v) is 2.54. The Balaban J connectivity index is 2.42. The van der Waals surface area contributed by atoms with Crippen molar-refractivity contribution < 1.29 is 14.6 Å². The van der Waals surface area contributed by atoms with Crippen LogP contribution in [0.15, 0.2) is 31.3 Å². The number of hydrogen-bond donors (Lipinski definition) is 1. The van der Waals surface area contributed by atoms with Crippen molar-refractivity contribution in [2.24, 2.45) is 0 Å². The first-order chi connectivity index (χ1) is 10.9. The van der Waals surface area contributed by atoms with Crippen LogP contribution in [0.4, 0.5) is 0 Å². The number of aliphatic hydroxyl groups excluding tert-OH is 1. The zero-order valence-electron chi connectivity index (χ0n) is 11.9. The van der Waals surface area contributed by atoms with Crippen molar-refractivity contribution in [3.8, 4) is 0 Å². The second kappa shape index (κ2) is 4.99. The number of aliphatic hydroxyl groups is 1. The van der Waals surface area contributed by atoms with Gasteiger partial charge in [0.25, 0.3) is 22.2 Å². The smallest absolute Gasteiger partial charge is 0.325 e. The van der Waals surface area contributed by atoms with Gasteiger partial charge in [-0.05, 0) is 12.1 Å². The highest BCUT2D eigenvalue weighted by Gasteiger charge is 2.20. The summed E-state index contributed by atoms with van der Waals surface area (Å²) >= 11 is 0. The van der Waals surface area contributed by atoms with E-state index in [-0.39, 0.29) is 21.5 Å². The molecule has 9 nitrogen and oxygen atoms in total. The van der Waals surface area contributed by atoms with Crippen molar-refractivity contribution in [1.82, 2.24) is 9.13 Å². The van der Waals surface area contributed by atoms with Crippen LogP contribution in [0.5, 0.6) is 0 Å². The first kappa shape index (κ1) is 14.9. The Morgan fingerprint density at radius 3 is 1.65 bits per heavy atom. The maximum absolute atomic E-state index is 12.2. The number of nitrogens with zero attached hydrogens (tertiary/aromatic N) is 2. The number of carbonyl (C=O) groups excluding carboxylic acids is 1. The number of carbonyl (C=O) groups is 1. The number of benzene rings is 1. The Morgan fingerprint density at radius 2 is 1.30 bits per heavy atom. The van der Waals surface area contributed by atoms with Crippen molar-refractivity contribution >= 4 is 27.5 Å². The molecule has 3 rings (SSSR count). The molecule has 0 radical (unpaired) electrons. The fourth-order valence-electron chi connectivity index (χ4n) is 2.54. The van der Waals surface area contributed by atoms with E-state index in [0.717, 1.165) is 19.2 Å². The topological polar surface area (TPSA) is 125 Å². The lowest BCUT2D eigenvalue weighted by molar-refractivity contribution is -0.141. The number of rotatable bonds is 3. The molecular formula is C14H10N2O7. The lowest BCUT2D eigenvalue weighted by Gasteiger charge is -1.97. The number of ether oxygens (including phenoxy) is 1. The van der Waals surface area contributed by atoms with Crippen LogP contribution >= 0.6 is 0 Å². The molecule has 0 atom stereocenters. The minimum atomic E-state index is -0.798. The molecule has 0 saturated heterocycles. The normalized spacial score (nSPS) is 11.4. The van der Waals surface area contributed by atoms with Crippen molar-refractivity contribution in [1.29, 1.82) is 0 Å². The SMILES string of the molecule is COC(=O)Cn1c(=O)c2cc3c(=O)n(CO)c(=O)c3cc2c1=O. The molecule has 2 aromatic heterocycles. The van der Waals surface area contributed by atoms with E-state index >= 15 is 0 Å². The monoisotopic (exact) mass is 318 g/mol. The van der Waals surface area contributed by atoms with Gasteiger partial charge in [-0.3, -0.25) is 33.1 Å². The molecule has 2 heterocycles. The van der Waals surface area contributed by atoms with E-state index in [2.05, 4.69) is 4.74 Å². The fraction of sp³-hybridized carbons (Fsp3) is 0.214. The van der Waals surface area contributed by atoms with Crippen molar-refractivity contribution in [3.05, 3.63) is 53.5 Å². The lowest BCUT2D eigenvalue weighted by atomic mass is 10.1. The van der Waals surface area contributed by atoms with Crippen LogP contribution in [0.2, 0.25) is 0 Å². The predicted molar refractivity (Wildman–Crippen MR) is 79.1 cm³/mol. The lowest BCUT2D eigenvalue weighted by Crippen LogP contribution is -2.29. The van der Waals surface area contributed by atoms with Crippen LogP contribution in [0.25, 0.3) is 21.5 Å². The summed E-state index contributed by atoms with van der Waals surface area (Å²) in [5.74, 6) is -0.773. The zero-order chi connectivity index (χ0) is 16.9. The van der Waals surface area contributed by atoms with Gasteiger partial charge in [0.2, 0.25) is 0 Å². The molecule has 0 aliphatic carbocycles. The molecular weight excluding hydrogens is 308 g/mol. The molecule has 0 amide bonds. The van der Waals surface area contributed by atoms with Crippen LogP contribution in [0, 0.1) is 0 Å². The molecule has 0 unspecified atom stereocenters. The van der Waals surface area contributed by atoms with Crippen LogP contribution in [-0.2, 0) is 22.8 Å². The minimum absolute atomic E-state index is 0.0659. The molecule has 0 aliphatic heterocycles. The van der Waals surface area contributed by atoms with Gasteiger partial charge in [0.05, 0.1) is 28.7 Å². The third-order valence-electron chi connectivity index (χ3n) is 3.72. The summed E-state index contributed by atoms with van der Waals surface area (Å²) < 4.78 is 5.71. The summed E-state index contributed by atoms with van der Waals surface area (Å²) in [6.45, 7) is -1.36. The van der Waals surface area contributed by atoms with Crippen LogP contribution in [0.1, 0.15) is 0 Å². The maximum atomic E-state index is 12.2. The minimum Gasteiger partial charge on any atom is -0.468 e. The van der Waals surface area contributed by atoms with Gasteiger partial charge in [-0.25, -0.2) is 0 Å². The molecule has 0 aliphatic rings. The van der Waals surface area contributed by atoms with E-state index in [4.69, 9.17) is 5.11 Å². The number of methoxy groups -OCH3 is 1. The summed E-state index contributed by atoms with van der Waals surface area (Å²) in [4.78, 5) is 59.7. The summed E-state index contributed by atoms with van der Waals surface area (Å²) in [5, 5.41) is 8.78. The van der Waals surface area contributed by atoms with Gasteiger partial charge in [-0.2, -0.15) is 0 Å². The summed E-state index contributed by atoms with van der Waals surface area (Å²) in [6, 6.07) is 2.27. The number of esters is 1. The summed E-state index contributed by atoms with van der Waals surface area (Å²) in [5.41, 5.74) is -2.99. The third-order valence-corrected chi connectivity index (χ3v) is 3.72. The summed E-state index contributed by atoms with van der Waals surface area (Å²) in [7, 11) is 1.12. The molecule has 3 aromatic rings. The van der Waals surface area contributed by atoms with E-state index in [1.807, 2.05) is 0 Å². The first-order valence-corrected chi connectivity index (χ1v) is 6.48. The van der Waals surface area contributed by atoms with Crippen LogP contribution < -0.4 is 22.2 Å². The average Bonchev–Trinajstić information content (AvgIpc) is 2.92. The van der Waals surface area contributed by atoms with Gasteiger partial charge in [0, 0.05) is 0 Å². The number of aromatic nitrogens is 2. The van der Waals surface area contributed by atoms with E-state index in [1.54, 1.807) is 0 Å². The molecule has 0 bridgehead atoms. The first-order valence-electron chi connectivity index (χ1n) is 6.48. The average molecular weight is 318 g/mol. The highest BCUT2D eigenvalue weighted by Crippen LogP contribution is 2.14. The molecule has 0 saturated carbocycles. The molecule has 1 N–H and O–H groups in total. The maximum Gasteiger partial charge on any atom is 0.325 e. The van der Waals surface area contributed by atoms with Crippen molar-refractivity contribution in [2.45, 2.75) is 13.3 Å². The molecule has 1 aromatic carbocycles.